The molecule has 0 aromatic heterocycles. The predicted molar refractivity (Wildman–Crippen MR) is 95.3 cm³/mol. The number of rotatable bonds is 5. The van der Waals surface area contributed by atoms with Gasteiger partial charge in [-0.15, -0.1) is 0 Å². The zero-order valence-electron chi connectivity index (χ0n) is 14.4. The molecule has 0 heterocycles. The molecule has 0 spiro atoms. The van der Waals surface area contributed by atoms with E-state index in [1.807, 2.05) is 69.2 Å². The number of aryl methyl sites for hydroxylation is 2. The lowest BCUT2D eigenvalue weighted by Crippen LogP contribution is -2.27. The highest BCUT2D eigenvalue weighted by Gasteiger charge is 2.23. The van der Waals surface area contributed by atoms with Crippen molar-refractivity contribution < 1.29 is 8.42 Å². The smallest absolute Gasteiger partial charge is 0.243 e. The monoisotopic (exact) mass is 332 g/mol. The van der Waals surface area contributed by atoms with E-state index in [-0.39, 0.29) is 0 Å². The highest BCUT2D eigenvalue weighted by molar-refractivity contribution is 7.89. The Morgan fingerprint density at radius 3 is 2.09 bits per heavy atom. The largest absolute Gasteiger partial charge is 0.378 e. The van der Waals surface area contributed by atoms with E-state index in [1.165, 1.54) is 4.31 Å². The second-order valence-corrected chi connectivity index (χ2v) is 8.10. The third kappa shape index (κ3) is 3.92. The minimum Gasteiger partial charge on any atom is -0.378 e. The van der Waals surface area contributed by atoms with Crippen molar-refractivity contribution >= 4 is 15.7 Å². The number of nitrogens with zero attached hydrogens (tertiary/aromatic N) is 2. The maximum absolute atomic E-state index is 12.8. The van der Waals surface area contributed by atoms with Gasteiger partial charge >= 0.3 is 0 Å². The fraction of sp³-hybridized carbons (Fsp3) is 0.333. The Balaban J connectivity index is 2.25. The molecule has 0 unspecified atom stereocenters. The van der Waals surface area contributed by atoms with Crippen LogP contribution in [0.2, 0.25) is 0 Å². The van der Waals surface area contributed by atoms with Crippen LogP contribution in [0.5, 0.6) is 0 Å². The molecular weight excluding hydrogens is 308 g/mol. The summed E-state index contributed by atoms with van der Waals surface area (Å²) in [5, 5.41) is 0. The fourth-order valence-corrected chi connectivity index (χ4v) is 3.86. The maximum Gasteiger partial charge on any atom is 0.243 e. The van der Waals surface area contributed by atoms with Crippen LogP contribution in [0.15, 0.2) is 47.4 Å². The van der Waals surface area contributed by atoms with E-state index in [0.29, 0.717) is 11.4 Å². The summed E-state index contributed by atoms with van der Waals surface area (Å²) in [6, 6.07) is 13.4. The topological polar surface area (TPSA) is 40.6 Å². The number of benzene rings is 2. The Kier molecular flexibility index (Phi) is 5.12. The Morgan fingerprint density at radius 1 is 0.913 bits per heavy atom. The first-order valence-electron chi connectivity index (χ1n) is 7.51. The summed E-state index contributed by atoms with van der Waals surface area (Å²) in [4.78, 5) is 2.39. The normalized spacial score (nSPS) is 11.7. The number of sulfonamides is 1. The van der Waals surface area contributed by atoms with Gasteiger partial charge in [0.15, 0.2) is 0 Å². The van der Waals surface area contributed by atoms with Gasteiger partial charge in [0.2, 0.25) is 10.0 Å². The molecule has 0 fully saturated rings. The summed E-state index contributed by atoms with van der Waals surface area (Å²) >= 11 is 0. The molecule has 2 rings (SSSR count). The molecule has 0 aliphatic carbocycles. The van der Waals surface area contributed by atoms with Crippen LogP contribution in [-0.2, 0) is 16.6 Å². The second kappa shape index (κ2) is 6.72. The van der Waals surface area contributed by atoms with E-state index in [4.69, 9.17) is 0 Å². The molecule has 0 aliphatic rings. The van der Waals surface area contributed by atoms with Crippen molar-refractivity contribution in [2.45, 2.75) is 25.3 Å². The second-order valence-electron chi connectivity index (χ2n) is 6.09. The Hall–Kier alpha value is -1.85. The first kappa shape index (κ1) is 17.5. The summed E-state index contributed by atoms with van der Waals surface area (Å²) in [5.74, 6) is 0. The molecule has 0 aliphatic heterocycles. The Labute approximate surface area is 139 Å². The van der Waals surface area contributed by atoms with Crippen LogP contribution in [0.4, 0.5) is 5.69 Å². The van der Waals surface area contributed by atoms with Crippen LogP contribution in [0.25, 0.3) is 0 Å². The average molecular weight is 332 g/mol. The molecule has 0 radical (unpaired) electrons. The van der Waals surface area contributed by atoms with Gasteiger partial charge in [-0.25, -0.2) is 8.42 Å². The predicted octanol–water partition coefficient (Wildman–Crippen LogP) is 3.19. The first-order chi connectivity index (χ1) is 10.7. The van der Waals surface area contributed by atoms with Crippen LogP contribution in [-0.4, -0.2) is 33.9 Å². The maximum atomic E-state index is 12.8. The van der Waals surface area contributed by atoms with Gasteiger partial charge in [-0.2, -0.15) is 4.31 Å². The van der Waals surface area contributed by atoms with Crippen molar-refractivity contribution in [3.05, 3.63) is 59.2 Å². The lowest BCUT2D eigenvalue weighted by molar-refractivity contribution is 0.466. The molecule has 0 bridgehead atoms. The number of anilines is 1. The van der Waals surface area contributed by atoms with E-state index in [0.717, 1.165) is 22.4 Å². The number of hydrogen-bond acceptors (Lipinski definition) is 3. The molecule has 4 nitrogen and oxygen atoms in total. The average Bonchev–Trinajstić information content (AvgIpc) is 2.50. The van der Waals surface area contributed by atoms with Crippen molar-refractivity contribution in [2.75, 3.05) is 26.0 Å². The van der Waals surface area contributed by atoms with Crippen LogP contribution in [0, 0.1) is 13.8 Å². The van der Waals surface area contributed by atoms with Gasteiger partial charge in [-0.1, -0.05) is 24.3 Å². The quantitative estimate of drug-likeness (QED) is 0.844. The highest BCUT2D eigenvalue weighted by Crippen LogP contribution is 2.22. The molecule has 0 saturated carbocycles. The van der Waals surface area contributed by atoms with Crippen LogP contribution >= 0.6 is 0 Å². The van der Waals surface area contributed by atoms with E-state index in [9.17, 15) is 8.42 Å². The van der Waals surface area contributed by atoms with Crippen molar-refractivity contribution in [2.24, 2.45) is 0 Å². The van der Waals surface area contributed by atoms with Crippen molar-refractivity contribution in [1.82, 2.24) is 4.31 Å². The molecule has 2 aromatic rings. The zero-order chi connectivity index (χ0) is 17.2. The van der Waals surface area contributed by atoms with Gasteiger partial charge in [0.1, 0.15) is 0 Å². The van der Waals surface area contributed by atoms with E-state index in [1.54, 1.807) is 13.1 Å². The minimum absolute atomic E-state index is 0.351. The summed E-state index contributed by atoms with van der Waals surface area (Å²) in [5.41, 5.74) is 3.77. The molecular formula is C18H24N2O2S. The molecule has 0 atom stereocenters. The molecule has 0 saturated heterocycles. The van der Waals surface area contributed by atoms with Gasteiger partial charge in [-0.05, 0) is 48.7 Å². The van der Waals surface area contributed by atoms with Crippen LogP contribution in [0.1, 0.15) is 16.7 Å². The molecule has 0 N–H and O–H groups in total. The zero-order valence-corrected chi connectivity index (χ0v) is 15.2. The third-order valence-electron chi connectivity index (χ3n) is 3.89. The minimum atomic E-state index is -3.49. The molecule has 2 aromatic carbocycles. The number of hydrogen-bond donors (Lipinski definition) is 0. The van der Waals surface area contributed by atoms with E-state index < -0.39 is 10.0 Å². The summed E-state index contributed by atoms with van der Waals surface area (Å²) in [7, 11) is 2.08. The third-order valence-corrected chi connectivity index (χ3v) is 5.84. The Bertz CT molecular complexity index is 781. The Morgan fingerprint density at radius 2 is 1.52 bits per heavy atom. The van der Waals surface area contributed by atoms with Crippen molar-refractivity contribution in [3.63, 3.8) is 0 Å². The highest BCUT2D eigenvalue weighted by atomic mass is 32.2. The summed E-state index contributed by atoms with van der Waals surface area (Å²) in [6.07, 6.45) is 0. The van der Waals surface area contributed by atoms with Gasteiger partial charge in [0, 0.05) is 33.4 Å². The molecule has 124 valence electrons. The van der Waals surface area contributed by atoms with Crippen LogP contribution in [0.3, 0.4) is 0 Å². The molecule has 0 amide bonds. The van der Waals surface area contributed by atoms with Crippen molar-refractivity contribution in [3.8, 4) is 0 Å². The fourth-order valence-electron chi connectivity index (χ4n) is 2.39. The van der Waals surface area contributed by atoms with E-state index in [2.05, 4.69) is 0 Å². The SMILES string of the molecule is Cc1ccc(C)c(S(=O)(=O)N(C)Cc2ccc(N(C)C)cc2)c1. The van der Waals surface area contributed by atoms with Gasteiger partial charge in [0.05, 0.1) is 4.90 Å². The van der Waals surface area contributed by atoms with Crippen molar-refractivity contribution in [1.29, 1.82) is 0 Å². The van der Waals surface area contributed by atoms with Gasteiger partial charge in [-0.3, -0.25) is 0 Å². The summed E-state index contributed by atoms with van der Waals surface area (Å²) < 4.78 is 27.0. The first-order valence-corrected chi connectivity index (χ1v) is 8.95. The van der Waals surface area contributed by atoms with Crippen LogP contribution < -0.4 is 4.90 Å². The van der Waals surface area contributed by atoms with Gasteiger partial charge < -0.3 is 4.90 Å². The van der Waals surface area contributed by atoms with E-state index >= 15 is 0 Å². The standard InChI is InChI=1S/C18H24N2O2S/c1-14-6-7-15(2)18(12-14)23(21,22)20(5)13-16-8-10-17(11-9-16)19(3)4/h6-12H,13H2,1-5H3. The molecule has 23 heavy (non-hydrogen) atoms. The lowest BCUT2D eigenvalue weighted by Gasteiger charge is -2.20. The summed E-state index contributed by atoms with van der Waals surface area (Å²) in [6.45, 7) is 4.08. The van der Waals surface area contributed by atoms with Gasteiger partial charge in [0.25, 0.3) is 0 Å². The lowest BCUT2D eigenvalue weighted by atomic mass is 10.2. The molecule has 5 heteroatoms.